The summed E-state index contributed by atoms with van der Waals surface area (Å²) in [7, 11) is -3.87. The largest absolute Gasteiger partial charge is 0.457 e. The first kappa shape index (κ1) is 24.2. The SMILES string of the molecule is CSc1ccc(S(=O)(=O)Nc2ccc(Oc3ccccc3)cc2)cc1C(=O)N1CCCCCC1. The van der Waals surface area contributed by atoms with Crippen molar-refractivity contribution in [1.29, 1.82) is 0 Å². The Balaban J connectivity index is 1.52. The zero-order chi connectivity index (χ0) is 24.0. The monoisotopic (exact) mass is 496 g/mol. The van der Waals surface area contributed by atoms with Gasteiger partial charge in [-0.15, -0.1) is 11.8 Å². The molecule has 1 saturated heterocycles. The summed E-state index contributed by atoms with van der Waals surface area (Å²) in [6, 6.07) is 20.8. The van der Waals surface area contributed by atoms with Crippen molar-refractivity contribution in [3.05, 3.63) is 78.4 Å². The molecule has 0 atom stereocenters. The number of para-hydroxylation sites is 1. The number of likely N-dealkylation sites (tertiary alicyclic amines) is 1. The third-order valence-electron chi connectivity index (χ3n) is 5.69. The van der Waals surface area contributed by atoms with E-state index in [-0.39, 0.29) is 10.8 Å². The molecule has 1 fully saturated rings. The Kier molecular flexibility index (Phi) is 7.80. The smallest absolute Gasteiger partial charge is 0.261 e. The molecule has 3 aromatic rings. The predicted octanol–water partition coefficient (Wildman–Crippen LogP) is 6.02. The minimum Gasteiger partial charge on any atom is -0.457 e. The number of benzene rings is 3. The molecule has 1 aliphatic rings. The average Bonchev–Trinajstić information content (AvgIpc) is 3.14. The number of hydrogen-bond donors (Lipinski definition) is 1. The van der Waals surface area contributed by atoms with E-state index in [1.54, 1.807) is 36.4 Å². The second-order valence-corrected chi connectivity index (χ2v) is 10.6. The van der Waals surface area contributed by atoms with E-state index in [1.165, 1.54) is 17.8 Å². The molecule has 0 aliphatic carbocycles. The van der Waals surface area contributed by atoms with Crippen molar-refractivity contribution < 1.29 is 17.9 Å². The van der Waals surface area contributed by atoms with Gasteiger partial charge in [0, 0.05) is 23.7 Å². The van der Waals surface area contributed by atoms with Crippen molar-refractivity contribution >= 4 is 33.4 Å². The van der Waals surface area contributed by atoms with Gasteiger partial charge in [-0.3, -0.25) is 9.52 Å². The highest BCUT2D eigenvalue weighted by Gasteiger charge is 2.23. The molecule has 0 bridgehead atoms. The number of rotatable bonds is 7. The third kappa shape index (κ3) is 5.93. The van der Waals surface area contributed by atoms with E-state index >= 15 is 0 Å². The van der Waals surface area contributed by atoms with Crippen LogP contribution in [-0.4, -0.2) is 38.6 Å². The van der Waals surface area contributed by atoms with Crippen LogP contribution >= 0.6 is 11.8 Å². The van der Waals surface area contributed by atoms with E-state index < -0.39 is 10.0 Å². The van der Waals surface area contributed by atoms with Gasteiger partial charge in [-0.05, 0) is 73.7 Å². The molecule has 0 unspecified atom stereocenters. The lowest BCUT2D eigenvalue weighted by Gasteiger charge is -2.22. The topological polar surface area (TPSA) is 75.7 Å². The Morgan fingerprint density at radius 2 is 1.53 bits per heavy atom. The van der Waals surface area contributed by atoms with Gasteiger partial charge in [-0.25, -0.2) is 8.42 Å². The van der Waals surface area contributed by atoms with Crippen molar-refractivity contribution in [2.75, 3.05) is 24.1 Å². The van der Waals surface area contributed by atoms with Crippen LogP contribution in [-0.2, 0) is 10.0 Å². The van der Waals surface area contributed by atoms with Crippen molar-refractivity contribution in [3.63, 3.8) is 0 Å². The summed E-state index contributed by atoms with van der Waals surface area (Å²) >= 11 is 1.44. The highest BCUT2D eigenvalue weighted by molar-refractivity contribution is 7.98. The van der Waals surface area contributed by atoms with Gasteiger partial charge in [0.15, 0.2) is 0 Å². The summed E-state index contributed by atoms with van der Waals surface area (Å²) in [5.74, 6) is 1.20. The lowest BCUT2D eigenvalue weighted by molar-refractivity contribution is 0.0758. The molecule has 0 aromatic heterocycles. The van der Waals surface area contributed by atoms with Crippen LogP contribution in [0.3, 0.4) is 0 Å². The van der Waals surface area contributed by atoms with E-state index in [4.69, 9.17) is 4.74 Å². The molecular weight excluding hydrogens is 468 g/mol. The molecule has 1 heterocycles. The second-order valence-electron chi connectivity index (χ2n) is 8.11. The lowest BCUT2D eigenvalue weighted by Crippen LogP contribution is -2.32. The fraction of sp³-hybridized carbons (Fsp3) is 0.269. The summed E-state index contributed by atoms with van der Waals surface area (Å²) in [5.41, 5.74) is 0.846. The Morgan fingerprint density at radius 3 is 2.18 bits per heavy atom. The predicted molar refractivity (Wildman–Crippen MR) is 136 cm³/mol. The molecule has 8 heteroatoms. The number of sulfonamides is 1. The normalized spacial score (nSPS) is 14.3. The Labute approximate surface area is 205 Å². The van der Waals surface area contributed by atoms with E-state index in [2.05, 4.69) is 4.72 Å². The Hall–Kier alpha value is -2.97. The molecule has 0 spiro atoms. The summed E-state index contributed by atoms with van der Waals surface area (Å²) < 4.78 is 34.6. The van der Waals surface area contributed by atoms with Crippen LogP contribution in [0.4, 0.5) is 5.69 Å². The molecular formula is C26H28N2O4S2. The van der Waals surface area contributed by atoms with Gasteiger partial charge in [0.2, 0.25) is 0 Å². The number of thioether (sulfide) groups is 1. The molecule has 6 nitrogen and oxygen atoms in total. The number of nitrogens with zero attached hydrogens (tertiary/aromatic N) is 1. The number of carbonyl (C=O) groups is 1. The van der Waals surface area contributed by atoms with Crippen LogP contribution in [0.15, 0.2) is 82.6 Å². The zero-order valence-electron chi connectivity index (χ0n) is 19.1. The molecule has 0 saturated carbocycles. The van der Waals surface area contributed by atoms with Crippen LogP contribution in [0.25, 0.3) is 0 Å². The number of amides is 1. The van der Waals surface area contributed by atoms with E-state index in [0.29, 0.717) is 35.8 Å². The van der Waals surface area contributed by atoms with Gasteiger partial charge in [0.1, 0.15) is 11.5 Å². The maximum absolute atomic E-state index is 13.2. The maximum Gasteiger partial charge on any atom is 0.261 e. The fourth-order valence-corrected chi connectivity index (χ4v) is 5.55. The average molecular weight is 497 g/mol. The summed E-state index contributed by atoms with van der Waals surface area (Å²) in [5, 5.41) is 0. The summed E-state index contributed by atoms with van der Waals surface area (Å²) in [6.45, 7) is 1.42. The second kappa shape index (κ2) is 11.0. The van der Waals surface area contributed by atoms with Gasteiger partial charge < -0.3 is 9.64 Å². The first-order valence-corrected chi connectivity index (χ1v) is 14.0. The van der Waals surface area contributed by atoms with E-state index in [0.717, 1.165) is 30.6 Å². The molecule has 178 valence electrons. The third-order valence-corrected chi connectivity index (χ3v) is 7.87. The molecule has 1 N–H and O–H groups in total. The number of hydrogen-bond acceptors (Lipinski definition) is 5. The minimum atomic E-state index is -3.87. The van der Waals surface area contributed by atoms with E-state index in [9.17, 15) is 13.2 Å². The van der Waals surface area contributed by atoms with Crippen LogP contribution in [0.1, 0.15) is 36.0 Å². The summed E-state index contributed by atoms with van der Waals surface area (Å²) in [6.07, 6.45) is 6.08. The van der Waals surface area contributed by atoms with Crippen LogP contribution < -0.4 is 9.46 Å². The Bertz CT molecular complexity index is 1220. The van der Waals surface area contributed by atoms with Gasteiger partial charge in [-0.2, -0.15) is 0 Å². The van der Waals surface area contributed by atoms with Crippen molar-refractivity contribution in [3.8, 4) is 11.5 Å². The number of nitrogens with one attached hydrogen (secondary N) is 1. The molecule has 0 radical (unpaired) electrons. The zero-order valence-corrected chi connectivity index (χ0v) is 20.7. The van der Waals surface area contributed by atoms with Crippen molar-refractivity contribution in [2.24, 2.45) is 0 Å². The highest BCUT2D eigenvalue weighted by atomic mass is 32.2. The standard InChI is InChI=1S/C26H28N2O4S2/c1-33-25-16-15-23(19-24(25)26(29)28-17-7-2-3-8-18-28)34(30,31)27-20-11-13-22(14-12-20)32-21-9-5-4-6-10-21/h4-6,9-16,19,27H,2-3,7-8,17-18H2,1H3. The van der Waals surface area contributed by atoms with Gasteiger partial charge in [0.05, 0.1) is 10.5 Å². The number of anilines is 1. The fourth-order valence-electron chi connectivity index (χ4n) is 3.90. The van der Waals surface area contributed by atoms with Gasteiger partial charge in [-0.1, -0.05) is 31.0 Å². The number of carbonyl (C=O) groups excluding carboxylic acids is 1. The molecule has 4 rings (SSSR count). The Morgan fingerprint density at radius 1 is 0.882 bits per heavy atom. The molecule has 34 heavy (non-hydrogen) atoms. The first-order chi connectivity index (χ1) is 16.5. The maximum atomic E-state index is 13.2. The minimum absolute atomic E-state index is 0.0630. The van der Waals surface area contributed by atoms with Gasteiger partial charge in [0.25, 0.3) is 15.9 Å². The van der Waals surface area contributed by atoms with Crippen molar-refractivity contribution in [1.82, 2.24) is 4.90 Å². The number of ether oxygens (including phenoxy) is 1. The quantitative estimate of drug-likeness (QED) is 0.405. The molecule has 1 aliphatic heterocycles. The van der Waals surface area contributed by atoms with E-state index in [1.807, 2.05) is 41.5 Å². The van der Waals surface area contributed by atoms with Crippen LogP contribution in [0.5, 0.6) is 11.5 Å². The highest BCUT2D eigenvalue weighted by Crippen LogP contribution is 2.28. The summed E-state index contributed by atoms with van der Waals surface area (Å²) in [4.78, 5) is 15.9. The van der Waals surface area contributed by atoms with Crippen LogP contribution in [0.2, 0.25) is 0 Å². The van der Waals surface area contributed by atoms with Gasteiger partial charge >= 0.3 is 0 Å². The lowest BCUT2D eigenvalue weighted by atomic mass is 10.2. The molecule has 1 amide bonds. The van der Waals surface area contributed by atoms with Crippen molar-refractivity contribution in [2.45, 2.75) is 35.5 Å². The first-order valence-electron chi connectivity index (χ1n) is 11.3. The molecule has 3 aromatic carbocycles. The van der Waals surface area contributed by atoms with Crippen LogP contribution in [0, 0.1) is 0 Å².